The number of carbonyl (C=O) groups excluding carboxylic acids is 2. The first kappa shape index (κ1) is 21.7. The molecule has 2 N–H and O–H groups in total. The lowest BCUT2D eigenvalue weighted by atomic mass is 10.0. The fourth-order valence-corrected chi connectivity index (χ4v) is 3.14. The molecule has 0 saturated carbocycles. The minimum absolute atomic E-state index is 0.0337. The fraction of sp³-hybridized carbons (Fsp3) is 0.333. The minimum atomic E-state index is -0.639. The van der Waals surface area contributed by atoms with Gasteiger partial charge in [-0.2, -0.15) is 0 Å². The van der Waals surface area contributed by atoms with E-state index in [1.165, 1.54) is 7.11 Å². The highest BCUT2D eigenvalue weighted by Gasteiger charge is 2.27. The van der Waals surface area contributed by atoms with Crippen LogP contribution in [0.2, 0.25) is 5.02 Å². The molecule has 28 heavy (non-hydrogen) atoms. The van der Waals surface area contributed by atoms with Crippen molar-refractivity contribution in [3.8, 4) is 5.75 Å². The summed E-state index contributed by atoms with van der Waals surface area (Å²) in [6.07, 6.45) is 0. The Hall–Kier alpha value is -2.57. The number of hydrogen-bond acceptors (Lipinski definition) is 4. The van der Waals surface area contributed by atoms with E-state index in [2.05, 4.69) is 10.6 Å². The van der Waals surface area contributed by atoms with E-state index in [4.69, 9.17) is 16.3 Å². The Balaban J connectivity index is 2.22. The molecule has 0 spiro atoms. The molecule has 2 amide bonds. The van der Waals surface area contributed by atoms with Crippen LogP contribution in [0, 0.1) is 0 Å². The van der Waals surface area contributed by atoms with Gasteiger partial charge in [0.15, 0.2) is 0 Å². The predicted molar refractivity (Wildman–Crippen MR) is 112 cm³/mol. The second-order valence-corrected chi connectivity index (χ2v) is 7.20. The average molecular weight is 404 g/mol. The van der Waals surface area contributed by atoms with Gasteiger partial charge in [-0.15, -0.1) is 0 Å². The number of anilines is 1. The number of benzene rings is 2. The first-order valence-electron chi connectivity index (χ1n) is 9.00. The number of methoxy groups -OCH3 is 1. The van der Waals surface area contributed by atoms with Crippen LogP contribution in [0.5, 0.6) is 5.75 Å². The highest BCUT2D eigenvalue weighted by Crippen LogP contribution is 2.28. The van der Waals surface area contributed by atoms with Crippen molar-refractivity contribution in [2.75, 3.05) is 26.0 Å². The molecule has 0 saturated heterocycles. The van der Waals surface area contributed by atoms with Gasteiger partial charge in [-0.1, -0.05) is 41.9 Å². The van der Waals surface area contributed by atoms with Crippen molar-refractivity contribution < 1.29 is 14.3 Å². The van der Waals surface area contributed by atoms with Crippen LogP contribution in [0.25, 0.3) is 0 Å². The molecule has 0 unspecified atom stereocenters. The van der Waals surface area contributed by atoms with Crippen molar-refractivity contribution in [2.24, 2.45) is 0 Å². The molecular formula is C21H26ClN3O3. The minimum Gasteiger partial charge on any atom is -0.495 e. The maximum Gasteiger partial charge on any atom is 0.246 e. The van der Waals surface area contributed by atoms with Crippen molar-refractivity contribution in [1.29, 1.82) is 0 Å². The van der Waals surface area contributed by atoms with Gasteiger partial charge in [0.05, 0.1) is 18.7 Å². The van der Waals surface area contributed by atoms with Crippen LogP contribution in [0.1, 0.15) is 25.5 Å². The summed E-state index contributed by atoms with van der Waals surface area (Å²) < 4.78 is 5.14. The maximum absolute atomic E-state index is 13.1. The number of nitrogens with zero attached hydrogens (tertiary/aromatic N) is 1. The fourth-order valence-electron chi connectivity index (χ4n) is 2.88. The molecule has 0 aliphatic carbocycles. The molecule has 2 aromatic carbocycles. The molecular weight excluding hydrogens is 378 g/mol. The lowest BCUT2D eigenvalue weighted by Crippen LogP contribution is -2.43. The topological polar surface area (TPSA) is 70.7 Å². The standard InChI is InChI=1S/C21H26ClN3O3/c1-14(2)23-19(26)13-25(3)20(15-8-6-5-7-9-15)21(27)24-16-10-11-18(28-4)17(22)12-16/h5-12,14,20H,13H2,1-4H3,(H,23,26)(H,24,27)/t20-/m0/s1. The second kappa shape index (κ2) is 10.1. The number of ether oxygens (including phenoxy) is 1. The van der Waals surface area contributed by atoms with E-state index in [0.717, 1.165) is 5.56 Å². The Morgan fingerprint density at radius 1 is 1.14 bits per heavy atom. The molecule has 6 nitrogen and oxygen atoms in total. The van der Waals surface area contributed by atoms with E-state index in [9.17, 15) is 9.59 Å². The third kappa shape index (κ3) is 5.97. The molecule has 7 heteroatoms. The monoisotopic (exact) mass is 403 g/mol. The molecule has 0 bridgehead atoms. The molecule has 0 aliphatic heterocycles. The van der Waals surface area contributed by atoms with Crippen molar-refractivity contribution in [3.63, 3.8) is 0 Å². The molecule has 1 atom stereocenters. The van der Waals surface area contributed by atoms with Gasteiger partial charge in [0, 0.05) is 11.7 Å². The van der Waals surface area contributed by atoms with E-state index >= 15 is 0 Å². The average Bonchev–Trinajstić information content (AvgIpc) is 2.62. The number of carbonyl (C=O) groups is 2. The summed E-state index contributed by atoms with van der Waals surface area (Å²) in [7, 11) is 3.28. The summed E-state index contributed by atoms with van der Waals surface area (Å²) >= 11 is 6.15. The smallest absolute Gasteiger partial charge is 0.246 e. The predicted octanol–water partition coefficient (Wildman–Crippen LogP) is 3.48. The first-order valence-corrected chi connectivity index (χ1v) is 9.38. The van der Waals surface area contributed by atoms with Gasteiger partial charge in [-0.3, -0.25) is 14.5 Å². The van der Waals surface area contributed by atoms with Gasteiger partial charge in [0.25, 0.3) is 0 Å². The summed E-state index contributed by atoms with van der Waals surface area (Å²) in [6.45, 7) is 3.88. The summed E-state index contributed by atoms with van der Waals surface area (Å²) in [6, 6.07) is 13.8. The lowest BCUT2D eigenvalue weighted by Gasteiger charge is -2.27. The number of halogens is 1. The molecule has 0 radical (unpaired) electrons. The number of hydrogen-bond donors (Lipinski definition) is 2. The molecule has 0 heterocycles. The lowest BCUT2D eigenvalue weighted by molar-refractivity contribution is -0.125. The summed E-state index contributed by atoms with van der Waals surface area (Å²) in [4.78, 5) is 27.0. The van der Waals surface area contributed by atoms with Gasteiger partial charge < -0.3 is 15.4 Å². The highest BCUT2D eigenvalue weighted by atomic mass is 35.5. The van der Waals surface area contributed by atoms with Crippen molar-refractivity contribution in [2.45, 2.75) is 25.9 Å². The molecule has 0 aliphatic rings. The number of likely N-dealkylation sites (N-methyl/N-ethyl adjacent to an activating group) is 1. The molecule has 2 aromatic rings. The Morgan fingerprint density at radius 3 is 2.39 bits per heavy atom. The summed E-state index contributed by atoms with van der Waals surface area (Å²) in [5.74, 6) is 0.132. The first-order chi connectivity index (χ1) is 13.3. The summed E-state index contributed by atoms with van der Waals surface area (Å²) in [5, 5.41) is 6.12. The maximum atomic E-state index is 13.1. The third-order valence-electron chi connectivity index (χ3n) is 4.07. The van der Waals surface area contributed by atoms with Crippen molar-refractivity contribution in [1.82, 2.24) is 10.2 Å². The van der Waals surface area contributed by atoms with Crippen molar-refractivity contribution in [3.05, 3.63) is 59.1 Å². The Bertz CT molecular complexity index is 812. The SMILES string of the molecule is COc1ccc(NC(=O)[C@H](c2ccccc2)N(C)CC(=O)NC(C)C)cc1Cl. The second-order valence-electron chi connectivity index (χ2n) is 6.79. The normalized spacial score (nSPS) is 12.0. The van der Waals surface area contributed by atoms with Crippen LogP contribution in [-0.2, 0) is 9.59 Å². The van der Waals surface area contributed by atoms with E-state index in [1.54, 1.807) is 30.1 Å². The zero-order valence-corrected chi connectivity index (χ0v) is 17.3. The van der Waals surface area contributed by atoms with E-state index < -0.39 is 6.04 Å². The Labute approximate surface area is 170 Å². The van der Waals surface area contributed by atoms with E-state index in [1.807, 2.05) is 44.2 Å². The van der Waals surface area contributed by atoms with Crippen molar-refractivity contribution >= 4 is 29.1 Å². The van der Waals surface area contributed by atoms with E-state index in [0.29, 0.717) is 16.5 Å². The van der Waals surface area contributed by atoms with Gasteiger partial charge in [-0.25, -0.2) is 0 Å². The highest BCUT2D eigenvalue weighted by molar-refractivity contribution is 6.32. The Kier molecular flexibility index (Phi) is 7.84. The van der Waals surface area contributed by atoms with Crippen LogP contribution in [0.3, 0.4) is 0 Å². The van der Waals surface area contributed by atoms with Crippen LogP contribution >= 0.6 is 11.6 Å². The molecule has 2 rings (SSSR count). The van der Waals surface area contributed by atoms with Crippen LogP contribution < -0.4 is 15.4 Å². The van der Waals surface area contributed by atoms with Crippen LogP contribution in [0.15, 0.2) is 48.5 Å². The molecule has 0 aromatic heterocycles. The zero-order chi connectivity index (χ0) is 20.7. The van der Waals surface area contributed by atoms with Crippen LogP contribution in [0.4, 0.5) is 5.69 Å². The summed E-state index contributed by atoms with van der Waals surface area (Å²) in [5.41, 5.74) is 1.34. The largest absolute Gasteiger partial charge is 0.495 e. The van der Waals surface area contributed by atoms with E-state index in [-0.39, 0.29) is 24.4 Å². The number of nitrogens with one attached hydrogen (secondary N) is 2. The van der Waals surface area contributed by atoms with Gasteiger partial charge in [-0.05, 0) is 44.7 Å². The zero-order valence-electron chi connectivity index (χ0n) is 16.5. The van der Waals surface area contributed by atoms with Crippen LogP contribution in [-0.4, -0.2) is 43.5 Å². The third-order valence-corrected chi connectivity index (χ3v) is 4.36. The Morgan fingerprint density at radius 2 is 1.82 bits per heavy atom. The molecule has 0 fully saturated rings. The van der Waals surface area contributed by atoms with Gasteiger partial charge in [0.2, 0.25) is 11.8 Å². The quantitative estimate of drug-likeness (QED) is 0.707. The van der Waals surface area contributed by atoms with Gasteiger partial charge >= 0.3 is 0 Å². The molecule has 150 valence electrons. The number of rotatable bonds is 8. The van der Waals surface area contributed by atoms with Gasteiger partial charge in [0.1, 0.15) is 11.8 Å². The number of amides is 2.